The van der Waals surface area contributed by atoms with E-state index in [1.54, 1.807) is 19.2 Å². The summed E-state index contributed by atoms with van der Waals surface area (Å²) in [4.78, 5) is 12.6. The van der Waals surface area contributed by atoms with Crippen molar-refractivity contribution in [2.45, 2.75) is 6.04 Å². The van der Waals surface area contributed by atoms with Crippen molar-refractivity contribution < 1.29 is 14.3 Å². The molecule has 0 saturated heterocycles. The molecule has 0 aliphatic carbocycles. The Labute approximate surface area is 132 Å². The van der Waals surface area contributed by atoms with Gasteiger partial charge < -0.3 is 15.2 Å². The van der Waals surface area contributed by atoms with E-state index >= 15 is 0 Å². The van der Waals surface area contributed by atoms with E-state index in [1.807, 2.05) is 30.3 Å². The normalized spacial score (nSPS) is 11.8. The number of benzene rings is 2. The maximum atomic E-state index is 12.6. The summed E-state index contributed by atoms with van der Waals surface area (Å²) in [6.45, 7) is 0. The van der Waals surface area contributed by atoms with E-state index in [0.29, 0.717) is 21.5 Å². The highest BCUT2D eigenvalue weighted by Crippen LogP contribution is 2.38. The van der Waals surface area contributed by atoms with Crippen LogP contribution in [0.4, 0.5) is 0 Å². The number of methoxy groups -OCH3 is 2. The van der Waals surface area contributed by atoms with Gasteiger partial charge in [0, 0.05) is 0 Å². The summed E-state index contributed by atoms with van der Waals surface area (Å²) < 4.78 is 11.1. The van der Waals surface area contributed by atoms with Gasteiger partial charge in [0.1, 0.15) is 16.0 Å². The molecule has 2 aromatic rings. The van der Waals surface area contributed by atoms with E-state index in [9.17, 15) is 4.79 Å². The van der Waals surface area contributed by atoms with Gasteiger partial charge in [-0.25, -0.2) is 0 Å². The SMILES string of the molecule is COc1ccc(C(=O)C(N)c2ccccc2)c(OC)c1Br. The molecule has 0 heterocycles. The van der Waals surface area contributed by atoms with Gasteiger partial charge in [0.05, 0.1) is 25.8 Å². The number of rotatable bonds is 5. The summed E-state index contributed by atoms with van der Waals surface area (Å²) in [5.41, 5.74) is 7.24. The molecule has 2 aromatic carbocycles. The number of hydrogen-bond donors (Lipinski definition) is 1. The predicted octanol–water partition coefficient (Wildman–Crippen LogP) is 3.35. The van der Waals surface area contributed by atoms with Crippen LogP contribution in [0.15, 0.2) is 46.9 Å². The van der Waals surface area contributed by atoms with Crippen LogP contribution in [-0.4, -0.2) is 20.0 Å². The lowest BCUT2D eigenvalue weighted by molar-refractivity contribution is 0.0958. The first-order valence-electron chi connectivity index (χ1n) is 6.35. The van der Waals surface area contributed by atoms with Crippen molar-refractivity contribution in [3.63, 3.8) is 0 Å². The Kier molecular flexibility index (Phi) is 4.98. The fourth-order valence-corrected chi connectivity index (χ4v) is 2.74. The standard InChI is InChI=1S/C16H16BrNO3/c1-20-12-9-8-11(16(21-2)13(12)17)15(19)14(18)10-6-4-3-5-7-10/h3-9,14H,18H2,1-2H3. The van der Waals surface area contributed by atoms with Gasteiger partial charge in [-0.1, -0.05) is 30.3 Å². The van der Waals surface area contributed by atoms with E-state index in [2.05, 4.69) is 15.9 Å². The van der Waals surface area contributed by atoms with Gasteiger partial charge in [-0.05, 0) is 33.6 Å². The largest absolute Gasteiger partial charge is 0.495 e. The highest BCUT2D eigenvalue weighted by Gasteiger charge is 2.23. The first-order valence-corrected chi connectivity index (χ1v) is 7.14. The van der Waals surface area contributed by atoms with Crippen molar-refractivity contribution >= 4 is 21.7 Å². The molecule has 0 radical (unpaired) electrons. The van der Waals surface area contributed by atoms with Gasteiger partial charge >= 0.3 is 0 Å². The zero-order chi connectivity index (χ0) is 15.4. The molecule has 1 atom stereocenters. The number of ketones is 1. The van der Waals surface area contributed by atoms with E-state index in [4.69, 9.17) is 15.2 Å². The maximum absolute atomic E-state index is 12.6. The van der Waals surface area contributed by atoms with Crippen molar-refractivity contribution in [3.8, 4) is 11.5 Å². The third-order valence-corrected chi connectivity index (χ3v) is 3.94. The van der Waals surface area contributed by atoms with Crippen LogP contribution >= 0.6 is 15.9 Å². The molecule has 0 spiro atoms. The molecule has 0 amide bonds. The average Bonchev–Trinajstić information content (AvgIpc) is 2.54. The number of carbonyl (C=O) groups excluding carboxylic acids is 1. The van der Waals surface area contributed by atoms with Crippen LogP contribution in [0.5, 0.6) is 11.5 Å². The number of carbonyl (C=O) groups is 1. The van der Waals surface area contributed by atoms with Crippen LogP contribution in [0.1, 0.15) is 22.0 Å². The number of nitrogens with two attached hydrogens (primary N) is 1. The fourth-order valence-electron chi connectivity index (χ4n) is 2.07. The predicted molar refractivity (Wildman–Crippen MR) is 84.9 cm³/mol. The first kappa shape index (κ1) is 15.5. The smallest absolute Gasteiger partial charge is 0.187 e. The first-order chi connectivity index (χ1) is 10.1. The minimum absolute atomic E-state index is 0.207. The van der Waals surface area contributed by atoms with E-state index < -0.39 is 6.04 Å². The second-order valence-corrected chi connectivity index (χ2v) is 5.21. The van der Waals surface area contributed by atoms with Crippen LogP contribution in [0, 0.1) is 0 Å². The Morgan fingerprint density at radius 1 is 1.10 bits per heavy atom. The molecule has 0 aliphatic heterocycles. The van der Waals surface area contributed by atoms with E-state index in [0.717, 1.165) is 5.56 Å². The topological polar surface area (TPSA) is 61.5 Å². The van der Waals surface area contributed by atoms with Crippen LogP contribution in [-0.2, 0) is 0 Å². The Morgan fingerprint density at radius 2 is 1.76 bits per heavy atom. The lowest BCUT2D eigenvalue weighted by Crippen LogP contribution is -2.22. The quantitative estimate of drug-likeness (QED) is 0.840. The zero-order valence-corrected chi connectivity index (χ0v) is 13.4. The van der Waals surface area contributed by atoms with Gasteiger partial charge in [0.2, 0.25) is 0 Å². The molecule has 0 fully saturated rings. The molecule has 2 N–H and O–H groups in total. The number of hydrogen-bond acceptors (Lipinski definition) is 4. The molecule has 1 unspecified atom stereocenters. The molecule has 2 rings (SSSR count). The molecule has 4 nitrogen and oxygen atoms in total. The van der Waals surface area contributed by atoms with Crippen molar-refractivity contribution in [2.24, 2.45) is 5.73 Å². The van der Waals surface area contributed by atoms with Crippen molar-refractivity contribution in [2.75, 3.05) is 14.2 Å². The van der Waals surface area contributed by atoms with Gasteiger partial charge in [-0.15, -0.1) is 0 Å². The molecule has 110 valence electrons. The molecular formula is C16H16BrNO3. The van der Waals surface area contributed by atoms with Gasteiger partial charge in [0.15, 0.2) is 5.78 Å². The monoisotopic (exact) mass is 349 g/mol. The molecule has 0 bridgehead atoms. The van der Waals surface area contributed by atoms with Crippen LogP contribution in [0.3, 0.4) is 0 Å². The third kappa shape index (κ3) is 3.09. The summed E-state index contributed by atoms with van der Waals surface area (Å²) in [7, 11) is 3.06. The second kappa shape index (κ2) is 6.74. The van der Waals surface area contributed by atoms with Gasteiger partial charge in [0.25, 0.3) is 0 Å². The van der Waals surface area contributed by atoms with E-state index in [-0.39, 0.29) is 5.78 Å². The van der Waals surface area contributed by atoms with Crippen molar-refractivity contribution in [3.05, 3.63) is 58.1 Å². The lowest BCUT2D eigenvalue weighted by atomic mass is 9.97. The lowest BCUT2D eigenvalue weighted by Gasteiger charge is -2.16. The summed E-state index contributed by atoms with van der Waals surface area (Å²) in [6.07, 6.45) is 0. The van der Waals surface area contributed by atoms with E-state index in [1.165, 1.54) is 7.11 Å². The summed E-state index contributed by atoms with van der Waals surface area (Å²) in [6, 6.07) is 11.9. The minimum atomic E-state index is -0.736. The highest BCUT2D eigenvalue weighted by atomic mass is 79.9. The molecule has 5 heteroatoms. The molecule has 0 aromatic heterocycles. The van der Waals surface area contributed by atoms with Gasteiger partial charge in [-0.2, -0.15) is 0 Å². The van der Waals surface area contributed by atoms with Crippen LogP contribution in [0.2, 0.25) is 0 Å². The van der Waals surface area contributed by atoms with Crippen LogP contribution < -0.4 is 15.2 Å². The molecule has 21 heavy (non-hydrogen) atoms. The summed E-state index contributed by atoms with van der Waals surface area (Å²) in [5, 5.41) is 0. The Bertz CT molecular complexity index is 643. The average molecular weight is 350 g/mol. The number of Topliss-reactive ketones (excluding diaryl/α,β-unsaturated/α-hetero) is 1. The third-order valence-electron chi connectivity index (χ3n) is 3.19. The molecule has 0 aliphatic rings. The summed E-state index contributed by atoms with van der Waals surface area (Å²) >= 11 is 3.38. The maximum Gasteiger partial charge on any atom is 0.187 e. The number of ether oxygens (including phenoxy) is 2. The Balaban J connectivity index is 2.42. The molecule has 0 saturated carbocycles. The summed E-state index contributed by atoms with van der Waals surface area (Å²) in [5.74, 6) is 0.809. The Hall–Kier alpha value is -1.85. The second-order valence-electron chi connectivity index (χ2n) is 4.42. The van der Waals surface area contributed by atoms with Gasteiger partial charge in [-0.3, -0.25) is 4.79 Å². The molecular weight excluding hydrogens is 334 g/mol. The highest BCUT2D eigenvalue weighted by molar-refractivity contribution is 9.10. The van der Waals surface area contributed by atoms with Crippen LogP contribution in [0.25, 0.3) is 0 Å². The minimum Gasteiger partial charge on any atom is -0.495 e. The number of halogens is 1. The van der Waals surface area contributed by atoms with Crippen molar-refractivity contribution in [1.29, 1.82) is 0 Å². The fraction of sp³-hybridized carbons (Fsp3) is 0.188. The van der Waals surface area contributed by atoms with Crippen molar-refractivity contribution in [1.82, 2.24) is 0 Å². The zero-order valence-electron chi connectivity index (χ0n) is 11.8. The Morgan fingerprint density at radius 3 is 2.33 bits per heavy atom.